The first kappa shape index (κ1) is 10.1. The Hall–Kier alpha value is -1.42. The van der Waals surface area contributed by atoms with Gasteiger partial charge < -0.3 is 10.2 Å². The van der Waals surface area contributed by atoms with Gasteiger partial charge in [0.2, 0.25) is 0 Å². The molecule has 4 heteroatoms. The molecule has 1 unspecified atom stereocenters. The van der Waals surface area contributed by atoms with Crippen LogP contribution in [0.15, 0.2) is 28.7 Å². The lowest BCUT2D eigenvalue weighted by Crippen LogP contribution is -2.17. The van der Waals surface area contributed by atoms with E-state index in [1.807, 2.05) is 25.1 Å². The number of alkyl halides is 2. The number of furan rings is 1. The summed E-state index contributed by atoms with van der Waals surface area (Å²) in [4.78, 5) is 0. The van der Waals surface area contributed by atoms with E-state index in [2.05, 4.69) is 0 Å². The number of hydrogen-bond acceptors (Lipinski definition) is 2. The Morgan fingerprint density at radius 2 is 2.07 bits per heavy atom. The minimum absolute atomic E-state index is 0.134. The molecule has 15 heavy (non-hydrogen) atoms. The van der Waals surface area contributed by atoms with Crippen LogP contribution in [-0.4, -0.2) is 6.43 Å². The molecule has 0 spiro atoms. The van der Waals surface area contributed by atoms with Crippen molar-refractivity contribution in [3.63, 3.8) is 0 Å². The van der Waals surface area contributed by atoms with Gasteiger partial charge >= 0.3 is 0 Å². The average Bonchev–Trinajstić information content (AvgIpc) is 2.61. The van der Waals surface area contributed by atoms with E-state index < -0.39 is 12.5 Å². The van der Waals surface area contributed by atoms with E-state index >= 15 is 0 Å². The van der Waals surface area contributed by atoms with E-state index in [9.17, 15) is 8.78 Å². The predicted molar refractivity (Wildman–Crippen MR) is 53.9 cm³/mol. The second-order valence-electron chi connectivity index (χ2n) is 3.50. The quantitative estimate of drug-likeness (QED) is 0.829. The van der Waals surface area contributed by atoms with Crippen LogP contribution in [0.4, 0.5) is 8.78 Å². The molecule has 2 N–H and O–H groups in total. The van der Waals surface area contributed by atoms with Crippen molar-refractivity contribution in [1.82, 2.24) is 0 Å². The first-order chi connectivity index (χ1) is 7.09. The van der Waals surface area contributed by atoms with Crippen LogP contribution in [0, 0.1) is 6.92 Å². The van der Waals surface area contributed by atoms with Crippen molar-refractivity contribution in [3.05, 3.63) is 35.6 Å². The number of benzene rings is 1. The highest BCUT2D eigenvalue weighted by atomic mass is 19.3. The second kappa shape index (κ2) is 3.62. The summed E-state index contributed by atoms with van der Waals surface area (Å²) in [5, 5.41) is 0.807. The molecule has 1 atom stereocenters. The molecule has 2 aromatic rings. The summed E-state index contributed by atoms with van der Waals surface area (Å²) >= 11 is 0. The molecule has 1 aromatic carbocycles. The van der Waals surface area contributed by atoms with Crippen molar-refractivity contribution in [2.75, 3.05) is 0 Å². The zero-order valence-corrected chi connectivity index (χ0v) is 8.21. The third kappa shape index (κ3) is 1.72. The molecule has 0 amide bonds. The first-order valence-corrected chi connectivity index (χ1v) is 4.62. The van der Waals surface area contributed by atoms with Gasteiger partial charge in [-0.2, -0.15) is 0 Å². The lowest BCUT2D eigenvalue weighted by Gasteiger charge is -2.05. The zero-order valence-electron chi connectivity index (χ0n) is 8.21. The Morgan fingerprint density at radius 3 is 2.67 bits per heavy atom. The number of nitrogens with two attached hydrogens (primary N) is 1. The standard InChI is InChI=1S/C11H11F2NO/c1-6-3-2-4-7-5-8(15-10(6)7)9(14)11(12)13/h2-5,9,11H,14H2,1H3. The van der Waals surface area contributed by atoms with Crippen LogP contribution in [0.5, 0.6) is 0 Å². The molecule has 0 saturated carbocycles. The van der Waals surface area contributed by atoms with Crippen LogP contribution < -0.4 is 5.73 Å². The lowest BCUT2D eigenvalue weighted by molar-refractivity contribution is 0.107. The van der Waals surface area contributed by atoms with Gasteiger partial charge in [-0.15, -0.1) is 0 Å². The third-order valence-electron chi connectivity index (χ3n) is 2.36. The Morgan fingerprint density at radius 1 is 1.33 bits per heavy atom. The van der Waals surface area contributed by atoms with Gasteiger partial charge in [0.25, 0.3) is 6.43 Å². The van der Waals surface area contributed by atoms with Gasteiger partial charge in [0.05, 0.1) is 0 Å². The van der Waals surface area contributed by atoms with Crippen LogP contribution >= 0.6 is 0 Å². The Labute approximate surface area is 85.7 Å². The summed E-state index contributed by atoms with van der Waals surface area (Å²) in [7, 11) is 0. The molecule has 1 heterocycles. The van der Waals surface area contributed by atoms with E-state index in [-0.39, 0.29) is 5.76 Å². The van der Waals surface area contributed by atoms with Gasteiger partial charge in [0.1, 0.15) is 17.4 Å². The van der Waals surface area contributed by atoms with Crippen molar-refractivity contribution >= 4 is 11.0 Å². The SMILES string of the molecule is Cc1cccc2cc(C(N)C(F)F)oc12. The number of rotatable bonds is 2. The largest absolute Gasteiger partial charge is 0.459 e. The van der Waals surface area contributed by atoms with Crippen molar-refractivity contribution in [1.29, 1.82) is 0 Å². The molecule has 2 nitrogen and oxygen atoms in total. The van der Waals surface area contributed by atoms with Gasteiger partial charge in [-0.3, -0.25) is 0 Å². The molecule has 0 aliphatic heterocycles. The Balaban J connectivity index is 2.52. The third-order valence-corrected chi connectivity index (χ3v) is 2.36. The monoisotopic (exact) mass is 211 g/mol. The summed E-state index contributed by atoms with van der Waals surface area (Å²) < 4.78 is 30.0. The van der Waals surface area contributed by atoms with E-state index in [1.54, 1.807) is 6.07 Å². The van der Waals surface area contributed by atoms with Gasteiger partial charge in [-0.1, -0.05) is 18.2 Å². The van der Waals surface area contributed by atoms with Crippen LogP contribution in [0.2, 0.25) is 0 Å². The molecule has 0 aliphatic rings. The van der Waals surface area contributed by atoms with E-state index in [1.165, 1.54) is 0 Å². The molecule has 1 aromatic heterocycles. The summed E-state index contributed by atoms with van der Waals surface area (Å²) in [6, 6.07) is 5.75. The number of halogens is 2. The molecule has 0 radical (unpaired) electrons. The highest BCUT2D eigenvalue weighted by molar-refractivity contribution is 5.80. The van der Waals surface area contributed by atoms with Crippen LogP contribution in [-0.2, 0) is 0 Å². The van der Waals surface area contributed by atoms with Gasteiger partial charge in [-0.05, 0) is 18.6 Å². The van der Waals surface area contributed by atoms with Crippen molar-refractivity contribution in [3.8, 4) is 0 Å². The van der Waals surface area contributed by atoms with E-state index in [0.717, 1.165) is 10.9 Å². The van der Waals surface area contributed by atoms with Crippen LogP contribution in [0.1, 0.15) is 17.4 Å². The summed E-state index contributed by atoms with van der Waals surface area (Å²) in [6.07, 6.45) is -2.61. The highest BCUT2D eigenvalue weighted by Crippen LogP contribution is 2.27. The zero-order chi connectivity index (χ0) is 11.0. The maximum atomic E-state index is 12.4. The van der Waals surface area contributed by atoms with Crippen LogP contribution in [0.3, 0.4) is 0 Å². The molecule has 2 rings (SSSR count). The van der Waals surface area contributed by atoms with Crippen molar-refractivity contribution in [2.45, 2.75) is 19.4 Å². The highest BCUT2D eigenvalue weighted by Gasteiger charge is 2.21. The first-order valence-electron chi connectivity index (χ1n) is 4.62. The normalized spacial score (nSPS) is 13.7. The maximum absolute atomic E-state index is 12.4. The number of hydrogen-bond donors (Lipinski definition) is 1. The number of aryl methyl sites for hydroxylation is 1. The lowest BCUT2D eigenvalue weighted by atomic mass is 10.1. The van der Waals surface area contributed by atoms with Gasteiger partial charge in [0, 0.05) is 5.39 Å². The average molecular weight is 211 g/mol. The Kier molecular flexibility index (Phi) is 2.44. The van der Waals surface area contributed by atoms with Crippen molar-refractivity contribution < 1.29 is 13.2 Å². The molecule has 0 bridgehead atoms. The smallest absolute Gasteiger partial charge is 0.260 e. The van der Waals surface area contributed by atoms with Crippen LogP contribution in [0.25, 0.3) is 11.0 Å². The number of fused-ring (bicyclic) bond motifs is 1. The van der Waals surface area contributed by atoms with E-state index in [4.69, 9.17) is 10.2 Å². The molecular formula is C11H11F2NO. The molecule has 0 aliphatic carbocycles. The fraction of sp³-hybridized carbons (Fsp3) is 0.273. The number of para-hydroxylation sites is 1. The molecule has 80 valence electrons. The fourth-order valence-corrected chi connectivity index (χ4v) is 1.52. The minimum atomic E-state index is -2.61. The molecular weight excluding hydrogens is 200 g/mol. The van der Waals surface area contributed by atoms with E-state index in [0.29, 0.717) is 5.58 Å². The predicted octanol–water partition coefficient (Wildman–Crippen LogP) is 3.01. The maximum Gasteiger partial charge on any atom is 0.260 e. The van der Waals surface area contributed by atoms with Crippen molar-refractivity contribution in [2.24, 2.45) is 5.73 Å². The Bertz CT molecular complexity index is 478. The summed E-state index contributed by atoms with van der Waals surface area (Å²) in [5.41, 5.74) is 6.85. The van der Waals surface area contributed by atoms with Gasteiger partial charge in [0.15, 0.2) is 0 Å². The summed E-state index contributed by atoms with van der Waals surface area (Å²) in [6.45, 7) is 1.86. The summed E-state index contributed by atoms with van der Waals surface area (Å²) in [5.74, 6) is 0.134. The molecule has 0 fully saturated rings. The molecule has 0 saturated heterocycles. The second-order valence-corrected chi connectivity index (χ2v) is 3.50. The van der Waals surface area contributed by atoms with Gasteiger partial charge in [-0.25, -0.2) is 8.78 Å². The topological polar surface area (TPSA) is 39.2 Å². The fourth-order valence-electron chi connectivity index (χ4n) is 1.52. The minimum Gasteiger partial charge on any atom is -0.459 e.